The van der Waals surface area contributed by atoms with Crippen molar-refractivity contribution >= 4 is 40.3 Å². The summed E-state index contributed by atoms with van der Waals surface area (Å²) >= 11 is 0. The minimum absolute atomic E-state index is 0.0998. The second kappa shape index (κ2) is 9.31. The maximum Gasteiger partial charge on any atom is 0.281 e. The summed E-state index contributed by atoms with van der Waals surface area (Å²) in [5.41, 5.74) is 10.8. The summed E-state index contributed by atoms with van der Waals surface area (Å²) in [5.74, 6) is 6.32. The van der Waals surface area contributed by atoms with Crippen molar-refractivity contribution in [1.82, 2.24) is 24.8 Å². The molecule has 1 amide bonds. The Morgan fingerprint density at radius 2 is 2.00 bits per heavy atom. The van der Waals surface area contributed by atoms with Crippen LogP contribution in [0.25, 0.3) is 17.1 Å². The van der Waals surface area contributed by atoms with E-state index >= 15 is 0 Å². The Balaban J connectivity index is 1.60. The van der Waals surface area contributed by atoms with Gasteiger partial charge in [-0.2, -0.15) is 0 Å². The van der Waals surface area contributed by atoms with Gasteiger partial charge in [0.15, 0.2) is 11.6 Å². The van der Waals surface area contributed by atoms with Gasteiger partial charge in [0.1, 0.15) is 11.4 Å². The van der Waals surface area contributed by atoms with Crippen LogP contribution in [0.3, 0.4) is 0 Å². The van der Waals surface area contributed by atoms with Crippen LogP contribution in [0.4, 0.5) is 17.3 Å². The van der Waals surface area contributed by atoms with Gasteiger partial charge in [-0.15, -0.1) is 11.0 Å². The molecule has 1 aliphatic rings. The number of hydrogen-bond acceptors (Lipinski definition) is 7. The van der Waals surface area contributed by atoms with E-state index < -0.39 is 11.9 Å². The fourth-order valence-electron chi connectivity index (χ4n) is 4.12. The zero-order valence-electron chi connectivity index (χ0n) is 19.7. The van der Waals surface area contributed by atoms with Crippen molar-refractivity contribution in [3.63, 3.8) is 0 Å². The Labute approximate surface area is 206 Å². The Hall–Kier alpha value is -5.04. The van der Waals surface area contributed by atoms with E-state index in [0.29, 0.717) is 40.3 Å². The van der Waals surface area contributed by atoms with E-state index in [0.717, 1.165) is 0 Å². The third-order valence-corrected chi connectivity index (χ3v) is 5.73. The van der Waals surface area contributed by atoms with Crippen molar-refractivity contribution in [2.75, 3.05) is 23.0 Å². The molecule has 1 aliphatic heterocycles. The standard InChI is InChI=1S/C26H24N8O2/c1-3-9-17-10-7-13-19-20(17)26(36)34(31-18-11-5-4-6-12-18)23(30-19)16(2)29-25(35)21-22(27)32-33-15-8-14-28-24(21)33/h4-8,10-13,15-16,28,31H,14H2,1-2H3,(H2,27,32)(H,29,35). The molecule has 3 heterocycles. The first kappa shape index (κ1) is 22.7. The first-order chi connectivity index (χ1) is 17.5. The third kappa shape index (κ3) is 4.03. The van der Waals surface area contributed by atoms with Crippen molar-refractivity contribution in [3.05, 3.63) is 81.9 Å². The topological polar surface area (TPSA) is 132 Å². The van der Waals surface area contributed by atoms with E-state index in [4.69, 9.17) is 10.7 Å². The number of benzene rings is 2. The Kier molecular flexibility index (Phi) is 5.88. The van der Waals surface area contributed by atoms with Crippen LogP contribution in [0.15, 0.2) is 59.4 Å². The molecule has 4 aromatic rings. The normalized spacial score (nSPS) is 12.7. The Bertz CT molecular complexity index is 1620. The summed E-state index contributed by atoms with van der Waals surface area (Å²) in [6.45, 7) is 4.02. The highest BCUT2D eigenvalue weighted by atomic mass is 16.2. The molecule has 0 spiro atoms. The van der Waals surface area contributed by atoms with Gasteiger partial charge < -0.3 is 16.4 Å². The van der Waals surface area contributed by atoms with Crippen molar-refractivity contribution in [1.29, 1.82) is 0 Å². The Morgan fingerprint density at radius 3 is 2.78 bits per heavy atom. The number of rotatable bonds is 5. The fourth-order valence-corrected chi connectivity index (χ4v) is 4.12. The molecule has 10 heteroatoms. The number of nitrogens with zero attached hydrogens (tertiary/aromatic N) is 4. The highest BCUT2D eigenvalue weighted by Crippen LogP contribution is 2.25. The summed E-state index contributed by atoms with van der Waals surface area (Å²) in [6.07, 6.45) is 3.61. The van der Waals surface area contributed by atoms with E-state index in [1.807, 2.05) is 36.4 Å². The molecule has 2 aromatic carbocycles. The molecule has 0 fully saturated rings. The van der Waals surface area contributed by atoms with Crippen LogP contribution in [0.2, 0.25) is 0 Å². The molecule has 36 heavy (non-hydrogen) atoms. The summed E-state index contributed by atoms with van der Waals surface area (Å²) in [5, 5.41) is 10.6. The molecule has 5 N–H and O–H groups in total. The van der Waals surface area contributed by atoms with Gasteiger partial charge in [0.2, 0.25) is 0 Å². The Morgan fingerprint density at radius 1 is 1.19 bits per heavy atom. The molecular formula is C26H24N8O2. The van der Waals surface area contributed by atoms with Gasteiger partial charge >= 0.3 is 0 Å². The number of nitrogens with one attached hydrogen (secondary N) is 3. The minimum atomic E-state index is -0.666. The lowest BCUT2D eigenvalue weighted by molar-refractivity contribution is 0.0939. The summed E-state index contributed by atoms with van der Waals surface area (Å²) in [4.78, 5) is 31.8. The average Bonchev–Trinajstić information content (AvgIpc) is 3.22. The highest BCUT2D eigenvalue weighted by Gasteiger charge is 2.26. The number of para-hydroxylation sites is 1. The van der Waals surface area contributed by atoms with E-state index in [1.165, 1.54) is 9.36 Å². The number of carbonyl (C=O) groups excluding carboxylic acids is 1. The maximum absolute atomic E-state index is 13.7. The van der Waals surface area contributed by atoms with Gasteiger partial charge in [0.25, 0.3) is 11.5 Å². The first-order valence-corrected chi connectivity index (χ1v) is 11.4. The largest absolute Gasteiger partial charge is 0.381 e. The number of hydrogen-bond donors (Lipinski definition) is 4. The van der Waals surface area contributed by atoms with Crippen LogP contribution in [0.5, 0.6) is 0 Å². The molecule has 0 radical (unpaired) electrons. The van der Waals surface area contributed by atoms with Crippen LogP contribution >= 0.6 is 0 Å². The van der Waals surface area contributed by atoms with Crippen molar-refractivity contribution in [2.45, 2.75) is 19.9 Å². The number of carbonyl (C=O) groups is 1. The monoisotopic (exact) mass is 480 g/mol. The number of nitrogen functional groups attached to an aromatic ring is 1. The predicted octanol–water partition coefficient (Wildman–Crippen LogP) is 2.81. The number of amides is 1. The van der Waals surface area contributed by atoms with Crippen molar-refractivity contribution in [2.24, 2.45) is 0 Å². The van der Waals surface area contributed by atoms with Gasteiger partial charge in [-0.05, 0) is 44.2 Å². The van der Waals surface area contributed by atoms with E-state index in [2.05, 4.69) is 33.0 Å². The highest BCUT2D eigenvalue weighted by molar-refractivity contribution is 6.04. The SMILES string of the molecule is CC#Cc1cccc2nc(C(C)NC(=O)c3c(N)nn4c3NCC=C4)n(Nc3ccccc3)c(=O)c12. The zero-order valence-corrected chi connectivity index (χ0v) is 19.7. The van der Waals surface area contributed by atoms with Gasteiger partial charge in [0.05, 0.1) is 22.6 Å². The van der Waals surface area contributed by atoms with Gasteiger partial charge in [0, 0.05) is 18.3 Å². The van der Waals surface area contributed by atoms with E-state index in [-0.39, 0.29) is 16.9 Å². The molecule has 10 nitrogen and oxygen atoms in total. The summed E-state index contributed by atoms with van der Waals surface area (Å²) in [6, 6.07) is 13.9. The zero-order chi connectivity index (χ0) is 25.2. The number of aromatic nitrogens is 4. The fraction of sp³-hybridized carbons (Fsp3) is 0.154. The van der Waals surface area contributed by atoms with Crippen LogP contribution in [-0.2, 0) is 0 Å². The molecular weight excluding hydrogens is 456 g/mol. The average molecular weight is 481 g/mol. The van der Waals surface area contributed by atoms with Crippen molar-refractivity contribution in [3.8, 4) is 11.8 Å². The molecule has 1 unspecified atom stereocenters. The quantitative estimate of drug-likeness (QED) is 0.323. The van der Waals surface area contributed by atoms with Crippen LogP contribution in [-0.4, -0.2) is 31.9 Å². The second-order valence-corrected chi connectivity index (χ2v) is 8.18. The predicted molar refractivity (Wildman–Crippen MR) is 140 cm³/mol. The third-order valence-electron chi connectivity index (χ3n) is 5.73. The summed E-state index contributed by atoms with van der Waals surface area (Å²) in [7, 11) is 0. The van der Waals surface area contributed by atoms with E-state index in [1.54, 1.807) is 38.2 Å². The molecule has 180 valence electrons. The van der Waals surface area contributed by atoms with Gasteiger partial charge in [-0.3, -0.25) is 15.0 Å². The maximum atomic E-state index is 13.7. The van der Waals surface area contributed by atoms with Crippen LogP contribution in [0, 0.1) is 11.8 Å². The molecule has 0 bridgehead atoms. The number of nitrogens with two attached hydrogens (primary N) is 1. The summed E-state index contributed by atoms with van der Waals surface area (Å²) < 4.78 is 2.87. The molecule has 0 saturated heterocycles. The van der Waals surface area contributed by atoms with E-state index in [9.17, 15) is 9.59 Å². The minimum Gasteiger partial charge on any atom is -0.381 e. The number of anilines is 3. The van der Waals surface area contributed by atoms with Crippen molar-refractivity contribution < 1.29 is 4.79 Å². The molecule has 5 rings (SSSR count). The lowest BCUT2D eigenvalue weighted by Crippen LogP contribution is -2.37. The second-order valence-electron chi connectivity index (χ2n) is 8.18. The van der Waals surface area contributed by atoms with Crippen LogP contribution < -0.4 is 27.4 Å². The van der Waals surface area contributed by atoms with Gasteiger partial charge in [-0.25, -0.2) is 14.3 Å². The molecule has 2 aromatic heterocycles. The van der Waals surface area contributed by atoms with Gasteiger partial charge in [-0.1, -0.05) is 30.2 Å². The lowest BCUT2D eigenvalue weighted by Gasteiger charge is -2.21. The molecule has 0 saturated carbocycles. The number of fused-ring (bicyclic) bond motifs is 2. The van der Waals surface area contributed by atoms with Crippen LogP contribution in [0.1, 0.15) is 41.6 Å². The molecule has 1 atom stereocenters. The first-order valence-electron chi connectivity index (χ1n) is 11.4. The smallest absolute Gasteiger partial charge is 0.281 e. The molecule has 0 aliphatic carbocycles. The lowest BCUT2D eigenvalue weighted by atomic mass is 10.1.